The summed E-state index contributed by atoms with van der Waals surface area (Å²) < 4.78 is 0. The second-order valence-corrected chi connectivity index (χ2v) is 1.16. The lowest BCUT2D eigenvalue weighted by Gasteiger charge is -1.80. The van der Waals surface area contributed by atoms with Gasteiger partial charge < -0.3 is 0 Å². The van der Waals surface area contributed by atoms with Crippen LogP contribution in [0.4, 0.5) is 0 Å². The van der Waals surface area contributed by atoms with E-state index < -0.39 is 0 Å². The van der Waals surface area contributed by atoms with Crippen molar-refractivity contribution in [3.63, 3.8) is 0 Å². The maximum Gasteiger partial charge on any atom is 0.00779 e. The van der Waals surface area contributed by atoms with Crippen LogP contribution in [0.15, 0.2) is 12.7 Å². The lowest BCUT2D eigenvalue weighted by Crippen LogP contribution is -1.63. The first kappa shape index (κ1) is 5.74. The van der Waals surface area contributed by atoms with E-state index in [-0.39, 0.29) is 0 Å². The molecule has 34 valence electrons. The molecule has 0 fully saturated rings. The van der Waals surface area contributed by atoms with E-state index in [2.05, 4.69) is 19.9 Å². The average Bonchev–Trinajstić information content (AvgIpc) is 1.61. The standard InChI is InChI=1S/C6H10/c1-3-5-6-4-2/h3H,1,4,6H2,2H3. The molecule has 0 heterocycles. The van der Waals surface area contributed by atoms with Gasteiger partial charge in [-0.3, -0.25) is 0 Å². The third-order valence-electron chi connectivity index (χ3n) is 0.539. The largest absolute Gasteiger partial charge is 0.102 e. The minimum absolute atomic E-state index is 1.05. The molecule has 6 heavy (non-hydrogen) atoms. The van der Waals surface area contributed by atoms with Crippen LogP contribution in [0.25, 0.3) is 0 Å². The highest BCUT2D eigenvalue weighted by Gasteiger charge is 1.72. The van der Waals surface area contributed by atoms with Crippen LogP contribution in [0.1, 0.15) is 19.8 Å². The van der Waals surface area contributed by atoms with E-state index in [1.54, 1.807) is 6.08 Å². The Balaban J connectivity index is 2.49. The summed E-state index contributed by atoms with van der Waals surface area (Å²) in [5.41, 5.74) is 0. The van der Waals surface area contributed by atoms with Crippen molar-refractivity contribution in [1.29, 1.82) is 0 Å². The Bertz CT molecular complexity index is 29.0. The minimum Gasteiger partial charge on any atom is -0.102 e. The van der Waals surface area contributed by atoms with E-state index in [4.69, 9.17) is 0 Å². The van der Waals surface area contributed by atoms with Gasteiger partial charge in [-0.05, 0) is 6.42 Å². The van der Waals surface area contributed by atoms with Crippen LogP contribution in [0.3, 0.4) is 0 Å². The normalized spacial score (nSPS) is 8.17. The third kappa shape index (κ3) is 3.74. The van der Waals surface area contributed by atoms with Crippen molar-refractivity contribution in [2.75, 3.05) is 0 Å². The zero-order valence-corrected chi connectivity index (χ0v) is 4.20. The van der Waals surface area contributed by atoms with Crippen molar-refractivity contribution in [3.05, 3.63) is 19.1 Å². The van der Waals surface area contributed by atoms with Crippen molar-refractivity contribution >= 4 is 0 Å². The number of hydrogen-bond donors (Lipinski definition) is 0. The van der Waals surface area contributed by atoms with Gasteiger partial charge in [0.1, 0.15) is 0 Å². The summed E-state index contributed by atoms with van der Waals surface area (Å²) in [5, 5.41) is 0. The van der Waals surface area contributed by atoms with Crippen molar-refractivity contribution in [1.82, 2.24) is 0 Å². The monoisotopic (exact) mass is 82.1 g/mol. The Kier molecular flexibility index (Phi) is 4.53. The molecule has 0 heteroatoms. The lowest BCUT2D eigenvalue weighted by atomic mass is 10.3. The van der Waals surface area contributed by atoms with Crippen LogP contribution in [0, 0.1) is 6.42 Å². The molecule has 0 aromatic heterocycles. The maximum atomic E-state index is 3.49. The van der Waals surface area contributed by atoms with Crippen molar-refractivity contribution in [2.45, 2.75) is 19.8 Å². The fraction of sp³-hybridized carbons (Fsp3) is 0.500. The second-order valence-electron chi connectivity index (χ2n) is 1.16. The number of allylic oxidation sites excluding steroid dienone is 1. The zero-order valence-electron chi connectivity index (χ0n) is 4.20. The molecule has 0 aromatic rings. The summed E-state index contributed by atoms with van der Waals surface area (Å²) in [5.74, 6) is 0. The summed E-state index contributed by atoms with van der Waals surface area (Å²) in [6.07, 6.45) is 6.89. The Morgan fingerprint density at radius 2 is 2.50 bits per heavy atom. The SMILES string of the molecule is C=C[C]CCC. The van der Waals surface area contributed by atoms with Crippen molar-refractivity contribution < 1.29 is 0 Å². The fourth-order valence-electron chi connectivity index (χ4n) is 0.246. The van der Waals surface area contributed by atoms with Gasteiger partial charge in [-0.25, -0.2) is 0 Å². The highest BCUT2D eigenvalue weighted by molar-refractivity contribution is 4.84. The van der Waals surface area contributed by atoms with Crippen LogP contribution in [0.5, 0.6) is 0 Å². The van der Waals surface area contributed by atoms with Gasteiger partial charge in [0.2, 0.25) is 0 Å². The second kappa shape index (κ2) is 4.74. The van der Waals surface area contributed by atoms with Crippen LogP contribution in [-0.4, -0.2) is 0 Å². The van der Waals surface area contributed by atoms with E-state index in [1.807, 2.05) is 0 Å². The van der Waals surface area contributed by atoms with Gasteiger partial charge in [0, 0.05) is 6.42 Å². The topological polar surface area (TPSA) is 0 Å². The summed E-state index contributed by atoms with van der Waals surface area (Å²) >= 11 is 0. The van der Waals surface area contributed by atoms with Gasteiger partial charge in [0.05, 0.1) is 0 Å². The number of rotatable bonds is 3. The van der Waals surface area contributed by atoms with Crippen molar-refractivity contribution in [2.24, 2.45) is 0 Å². The van der Waals surface area contributed by atoms with Gasteiger partial charge in [-0.1, -0.05) is 19.4 Å². The smallest absolute Gasteiger partial charge is 0.00779 e. The Morgan fingerprint density at radius 3 is 2.67 bits per heavy atom. The predicted molar refractivity (Wildman–Crippen MR) is 28.3 cm³/mol. The quantitative estimate of drug-likeness (QED) is 0.457. The molecule has 0 saturated carbocycles. The van der Waals surface area contributed by atoms with E-state index in [9.17, 15) is 0 Å². The molecule has 0 nitrogen and oxygen atoms in total. The molecular formula is C6H10. The maximum absolute atomic E-state index is 3.49. The first-order valence-corrected chi connectivity index (χ1v) is 2.26. The number of hydrogen-bond acceptors (Lipinski definition) is 0. The van der Waals surface area contributed by atoms with Crippen LogP contribution in [0.2, 0.25) is 0 Å². The molecular weight excluding hydrogens is 72.1 g/mol. The van der Waals surface area contributed by atoms with Crippen LogP contribution in [-0.2, 0) is 0 Å². The molecule has 0 amide bonds. The number of unbranched alkanes of at least 4 members (excludes halogenated alkanes) is 2. The lowest BCUT2D eigenvalue weighted by molar-refractivity contribution is 0.923. The molecule has 0 aliphatic rings. The van der Waals surface area contributed by atoms with E-state index >= 15 is 0 Å². The molecule has 0 spiro atoms. The summed E-state index contributed by atoms with van der Waals surface area (Å²) in [7, 11) is 0. The van der Waals surface area contributed by atoms with Crippen molar-refractivity contribution in [3.8, 4) is 0 Å². The molecule has 0 bridgehead atoms. The molecule has 0 unspecified atom stereocenters. The van der Waals surface area contributed by atoms with Gasteiger partial charge in [0.15, 0.2) is 0 Å². The van der Waals surface area contributed by atoms with E-state index in [1.165, 1.54) is 6.42 Å². The minimum atomic E-state index is 1.05. The predicted octanol–water partition coefficient (Wildman–Crippen LogP) is 2.05. The molecule has 0 saturated heterocycles. The van der Waals surface area contributed by atoms with Gasteiger partial charge in [-0.15, -0.1) is 6.58 Å². The molecule has 0 rings (SSSR count). The van der Waals surface area contributed by atoms with E-state index in [0.717, 1.165) is 6.42 Å². The first-order valence-electron chi connectivity index (χ1n) is 2.26. The molecule has 2 radical (unpaired) electrons. The zero-order chi connectivity index (χ0) is 4.83. The van der Waals surface area contributed by atoms with E-state index in [0.29, 0.717) is 0 Å². The highest BCUT2D eigenvalue weighted by Crippen LogP contribution is 1.89. The van der Waals surface area contributed by atoms with Crippen LogP contribution < -0.4 is 0 Å². The highest BCUT2D eigenvalue weighted by atomic mass is 13.8. The first-order chi connectivity index (χ1) is 2.91. The molecule has 0 aliphatic heterocycles. The molecule has 0 aromatic carbocycles. The molecule has 0 N–H and O–H groups in total. The van der Waals surface area contributed by atoms with Gasteiger partial charge >= 0.3 is 0 Å². The third-order valence-corrected chi connectivity index (χ3v) is 0.539. The van der Waals surface area contributed by atoms with Gasteiger partial charge in [0.25, 0.3) is 0 Å². The molecule has 0 atom stereocenters. The summed E-state index contributed by atoms with van der Waals surface area (Å²) in [6, 6.07) is 0. The summed E-state index contributed by atoms with van der Waals surface area (Å²) in [6.45, 7) is 5.61. The fourth-order valence-corrected chi connectivity index (χ4v) is 0.246. The van der Waals surface area contributed by atoms with Gasteiger partial charge in [-0.2, -0.15) is 0 Å². The Morgan fingerprint density at radius 1 is 1.83 bits per heavy atom. The Labute approximate surface area is 39.9 Å². The average molecular weight is 82.1 g/mol. The van der Waals surface area contributed by atoms with Crippen LogP contribution >= 0.6 is 0 Å². The Hall–Kier alpha value is -0.260. The summed E-state index contributed by atoms with van der Waals surface area (Å²) in [4.78, 5) is 0. The molecule has 0 aliphatic carbocycles.